The molecule has 1 rings (SSSR count). The summed E-state index contributed by atoms with van der Waals surface area (Å²) in [6.07, 6.45) is 1.66. The number of hydrogen-bond donors (Lipinski definition) is 2. The van der Waals surface area contributed by atoms with Crippen LogP contribution in [0.2, 0.25) is 0 Å². The third-order valence-electron chi connectivity index (χ3n) is 1.87. The van der Waals surface area contributed by atoms with Crippen molar-refractivity contribution in [3.63, 3.8) is 0 Å². The number of nitrogen functional groups attached to an aromatic ring is 1. The molecular formula is C10H15N3. The maximum atomic E-state index is 7.37. The van der Waals surface area contributed by atoms with E-state index in [4.69, 9.17) is 11.1 Å². The maximum Gasteiger partial charge on any atom is 0.142 e. The zero-order chi connectivity index (χ0) is 10.1. The first-order valence-electron chi connectivity index (χ1n) is 4.23. The molecular weight excluding hydrogens is 162 g/mol. The quantitative estimate of drug-likeness (QED) is 0.506. The summed E-state index contributed by atoms with van der Waals surface area (Å²) in [5.74, 6) is 0.0329. The highest BCUT2D eigenvalue weighted by Crippen LogP contribution is 2.23. The van der Waals surface area contributed by atoms with Gasteiger partial charge in [0.2, 0.25) is 0 Å². The van der Waals surface area contributed by atoms with Crippen LogP contribution in [0.1, 0.15) is 32.0 Å². The van der Waals surface area contributed by atoms with Crippen molar-refractivity contribution in [1.82, 2.24) is 4.98 Å². The fourth-order valence-corrected chi connectivity index (χ4v) is 1.23. The van der Waals surface area contributed by atoms with Crippen molar-refractivity contribution in [2.45, 2.75) is 26.2 Å². The first kappa shape index (κ1) is 9.71. The molecule has 0 aliphatic rings. The van der Waals surface area contributed by atoms with Crippen LogP contribution >= 0.6 is 0 Å². The van der Waals surface area contributed by atoms with Gasteiger partial charge < -0.3 is 5.73 Å². The van der Waals surface area contributed by atoms with Crippen molar-refractivity contribution in [2.75, 3.05) is 0 Å². The van der Waals surface area contributed by atoms with Crippen LogP contribution in [0.25, 0.3) is 0 Å². The van der Waals surface area contributed by atoms with Crippen LogP contribution in [0.3, 0.4) is 0 Å². The minimum Gasteiger partial charge on any atom is -0.382 e. The molecule has 0 aromatic carbocycles. The molecule has 0 fully saturated rings. The average molecular weight is 177 g/mol. The number of pyridine rings is 1. The summed E-state index contributed by atoms with van der Waals surface area (Å²) in [4.78, 5) is 4.10. The van der Waals surface area contributed by atoms with Gasteiger partial charge in [-0.3, -0.25) is 10.4 Å². The molecule has 1 heterocycles. The Balaban J connectivity index is 3.28. The second-order valence-corrected chi connectivity index (χ2v) is 4.06. The van der Waals surface area contributed by atoms with E-state index < -0.39 is 0 Å². The predicted molar refractivity (Wildman–Crippen MR) is 54.0 cm³/mol. The van der Waals surface area contributed by atoms with Crippen LogP contribution in [0.5, 0.6) is 0 Å². The lowest BCUT2D eigenvalue weighted by Crippen LogP contribution is -2.22. The SMILES string of the molecule is CC(C)(C)c1cccnc1C(=N)N. The number of amidine groups is 1. The van der Waals surface area contributed by atoms with E-state index in [0.717, 1.165) is 5.56 Å². The van der Waals surface area contributed by atoms with E-state index in [0.29, 0.717) is 5.69 Å². The summed E-state index contributed by atoms with van der Waals surface area (Å²) < 4.78 is 0. The number of nitrogens with two attached hydrogens (primary N) is 1. The summed E-state index contributed by atoms with van der Waals surface area (Å²) in [6.45, 7) is 6.24. The number of rotatable bonds is 1. The van der Waals surface area contributed by atoms with E-state index in [1.54, 1.807) is 6.20 Å². The molecule has 0 aliphatic heterocycles. The second kappa shape index (κ2) is 3.17. The number of aromatic nitrogens is 1. The van der Waals surface area contributed by atoms with Crippen molar-refractivity contribution in [1.29, 1.82) is 5.41 Å². The first-order valence-corrected chi connectivity index (χ1v) is 4.23. The third kappa shape index (κ3) is 2.05. The van der Waals surface area contributed by atoms with Gasteiger partial charge in [-0.2, -0.15) is 0 Å². The van der Waals surface area contributed by atoms with E-state index in [9.17, 15) is 0 Å². The fraction of sp³-hybridized carbons (Fsp3) is 0.400. The summed E-state index contributed by atoms with van der Waals surface area (Å²) in [7, 11) is 0. The minimum atomic E-state index is -0.0186. The van der Waals surface area contributed by atoms with Crippen LogP contribution in [-0.2, 0) is 5.41 Å². The third-order valence-corrected chi connectivity index (χ3v) is 1.87. The van der Waals surface area contributed by atoms with Gasteiger partial charge in [-0.05, 0) is 17.0 Å². The van der Waals surface area contributed by atoms with E-state index in [1.807, 2.05) is 12.1 Å². The highest BCUT2D eigenvalue weighted by atomic mass is 14.8. The minimum absolute atomic E-state index is 0.0186. The Morgan fingerprint density at radius 1 is 1.46 bits per heavy atom. The number of hydrogen-bond acceptors (Lipinski definition) is 2. The highest BCUT2D eigenvalue weighted by molar-refractivity contribution is 5.94. The van der Waals surface area contributed by atoms with E-state index in [-0.39, 0.29) is 11.3 Å². The van der Waals surface area contributed by atoms with Gasteiger partial charge in [0, 0.05) is 6.20 Å². The van der Waals surface area contributed by atoms with Gasteiger partial charge in [0.05, 0.1) is 0 Å². The zero-order valence-electron chi connectivity index (χ0n) is 8.26. The van der Waals surface area contributed by atoms with Crippen LogP contribution in [0, 0.1) is 5.41 Å². The van der Waals surface area contributed by atoms with Crippen LogP contribution in [0.15, 0.2) is 18.3 Å². The van der Waals surface area contributed by atoms with Crippen molar-refractivity contribution in [2.24, 2.45) is 5.73 Å². The second-order valence-electron chi connectivity index (χ2n) is 4.06. The normalized spacial score (nSPS) is 11.3. The molecule has 0 spiro atoms. The molecule has 1 aromatic rings. The smallest absolute Gasteiger partial charge is 0.142 e. The molecule has 3 nitrogen and oxygen atoms in total. The van der Waals surface area contributed by atoms with Crippen LogP contribution in [-0.4, -0.2) is 10.8 Å². The highest BCUT2D eigenvalue weighted by Gasteiger charge is 2.19. The Labute approximate surface area is 78.5 Å². The van der Waals surface area contributed by atoms with Gasteiger partial charge in [-0.1, -0.05) is 26.8 Å². The van der Waals surface area contributed by atoms with Gasteiger partial charge in [-0.25, -0.2) is 0 Å². The molecule has 1 aromatic heterocycles. The van der Waals surface area contributed by atoms with Crippen LogP contribution < -0.4 is 5.73 Å². The standard InChI is InChI=1S/C10H15N3/c1-10(2,3)7-5-4-6-13-8(7)9(11)12/h4-6H,1-3H3,(H3,11,12). The van der Waals surface area contributed by atoms with Crippen molar-refractivity contribution < 1.29 is 0 Å². The lowest BCUT2D eigenvalue weighted by molar-refractivity contribution is 0.586. The summed E-state index contributed by atoms with van der Waals surface area (Å²) >= 11 is 0. The molecule has 0 bridgehead atoms. The molecule has 3 heteroatoms. The van der Waals surface area contributed by atoms with Crippen molar-refractivity contribution in [3.05, 3.63) is 29.6 Å². The summed E-state index contributed by atoms with van der Waals surface area (Å²) in [6, 6.07) is 3.83. The zero-order valence-corrected chi connectivity index (χ0v) is 8.26. The number of nitrogens with zero attached hydrogens (tertiary/aromatic N) is 1. The molecule has 70 valence electrons. The monoisotopic (exact) mass is 177 g/mol. The fourth-order valence-electron chi connectivity index (χ4n) is 1.23. The summed E-state index contributed by atoms with van der Waals surface area (Å²) in [5.41, 5.74) is 7.02. The lowest BCUT2D eigenvalue weighted by Gasteiger charge is -2.21. The lowest BCUT2D eigenvalue weighted by atomic mass is 9.85. The molecule has 0 atom stereocenters. The van der Waals surface area contributed by atoms with E-state index >= 15 is 0 Å². The van der Waals surface area contributed by atoms with E-state index in [1.165, 1.54) is 0 Å². The molecule has 0 unspecified atom stereocenters. The van der Waals surface area contributed by atoms with Gasteiger partial charge in [0.25, 0.3) is 0 Å². The van der Waals surface area contributed by atoms with Crippen molar-refractivity contribution in [3.8, 4) is 0 Å². The molecule has 0 radical (unpaired) electrons. The van der Waals surface area contributed by atoms with Gasteiger partial charge in [-0.15, -0.1) is 0 Å². The maximum absolute atomic E-state index is 7.37. The largest absolute Gasteiger partial charge is 0.382 e. The predicted octanol–water partition coefficient (Wildman–Crippen LogP) is 1.66. The van der Waals surface area contributed by atoms with Gasteiger partial charge in [0.1, 0.15) is 11.5 Å². The average Bonchev–Trinajstić information content (AvgIpc) is 2.03. The first-order chi connectivity index (χ1) is 5.93. The molecule has 13 heavy (non-hydrogen) atoms. The Kier molecular flexibility index (Phi) is 2.36. The van der Waals surface area contributed by atoms with Crippen molar-refractivity contribution >= 4 is 5.84 Å². The Bertz CT molecular complexity index is 323. The molecule has 3 N–H and O–H groups in total. The Morgan fingerprint density at radius 3 is 2.46 bits per heavy atom. The Hall–Kier alpha value is -1.38. The topological polar surface area (TPSA) is 62.8 Å². The molecule has 0 amide bonds. The number of nitrogens with one attached hydrogen (secondary N) is 1. The van der Waals surface area contributed by atoms with Gasteiger partial charge in [0.15, 0.2) is 0 Å². The van der Waals surface area contributed by atoms with E-state index in [2.05, 4.69) is 25.8 Å². The molecule has 0 saturated heterocycles. The van der Waals surface area contributed by atoms with Crippen LogP contribution in [0.4, 0.5) is 0 Å². The molecule has 0 saturated carbocycles. The summed E-state index contributed by atoms with van der Waals surface area (Å²) in [5, 5.41) is 7.37. The van der Waals surface area contributed by atoms with Gasteiger partial charge >= 0.3 is 0 Å². The molecule has 0 aliphatic carbocycles. The Morgan fingerprint density at radius 2 is 2.08 bits per heavy atom.